The molecule has 0 N–H and O–H groups in total. The fraction of sp³-hybridized carbons (Fsp3) is 0.250. The molecule has 2 aromatic heterocycles. The molecule has 1 aliphatic rings. The third-order valence-corrected chi connectivity index (χ3v) is 5.09. The molecule has 0 amide bonds. The highest BCUT2D eigenvalue weighted by molar-refractivity contribution is 7.10. The van der Waals surface area contributed by atoms with Gasteiger partial charge in [-0.25, -0.2) is 0 Å². The summed E-state index contributed by atoms with van der Waals surface area (Å²) in [5.74, 6) is 1.27. The predicted octanol–water partition coefficient (Wildman–Crippen LogP) is 4.01. The number of benzene rings is 1. The zero-order valence-electron chi connectivity index (χ0n) is 11.8. The summed E-state index contributed by atoms with van der Waals surface area (Å²) in [6.45, 7) is 2.68. The van der Waals surface area contributed by atoms with Crippen molar-refractivity contribution in [3.05, 3.63) is 57.1 Å². The Morgan fingerprint density at radius 3 is 2.95 bits per heavy atom. The maximum atomic E-state index is 5.89. The molecule has 0 saturated carbocycles. The second-order valence-electron chi connectivity index (χ2n) is 5.35. The van der Waals surface area contributed by atoms with Crippen LogP contribution in [-0.4, -0.2) is 21.6 Å². The van der Waals surface area contributed by atoms with Gasteiger partial charge in [0.2, 0.25) is 11.7 Å². The Hall–Kier alpha value is -1.69. The Morgan fingerprint density at radius 2 is 2.09 bits per heavy atom. The van der Waals surface area contributed by atoms with Crippen molar-refractivity contribution in [2.75, 3.05) is 6.54 Å². The maximum absolute atomic E-state index is 5.89. The first-order valence-corrected chi connectivity index (χ1v) is 8.40. The molecule has 3 aromatic rings. The molecule has 4 nitrogen and oxygen atoms in total. The topological polar surface area (TPSA) is 42.2 Å². The molecule has 0 unspecified atom stereocenters. The first-order chi connectivity index (χ1) is 10.8. The molecule has 0 atom stereocenters. The quantitative estimate of drug-likeness (QED) is 0.727. The lowest BCUT2D eigenvalue weighted by atomic mass is 10.1. The Morgan fingerprint density at radius 1 is 1.23 bits per heavy atom. The minimum atomic E-state index is 0.611. The van der Waals surface area contributed by atoms with Crippen LogP contribution in [0.4, 0.5) is 0 Å². The van der Waals surface area contributed by atoms with Crippen LogP contribution in [0.15, 0.2) is 40.2 Å². The normalized spacial score (nSPS) is 15.0. The van der Waals surface area contributed by atoms with Crippen molar-refractivity contribution in [2.45, 2.75) is 19.5 Å². The summed E-state index contributed by atoms with van der Waals surface area (Å²) in [4.78, 5) is 8.33. The smallest absolute Gasteiger partial charge is 0.241 e. The third-order valence-electron chi connectivity index (χ3n) is 3.82. The van der Waals surface area contributed by atoms with Crippen LogP contribution in [0, 0.1) is 0 Å². The van der Waals surface area contributed by atoms with E-state index in [1.54, 1.807) is 0 Å². The second kappa shape index (κ2) is 5.83. The summed E-state index contributed by atoms with van der Waals surface area (Å²) >= 11 is 7.74. The first-order valence-electron chi connectivity index (χ1n) is 7.14. The highest BCUT2D eigenvalue weighted by Gasteiger charge is 2.19. The van der Waals surface area contributed by atoms with E-state index in [9.17, 15) is 0 Å². The number of rotatable bonds is 3. The Balaban J connectivity index is 1.47. The second-order valence-corrected chi connectivity index (χ2v) is 6.79. The van der Waals surface area contributed by atoms with E-state index in [4.69, 9.17) is 16.1 Å². The number of halogens is 1. The predicted molar refractivity (Wildman–Crippen MR) is 86.9 cm³/mol. The Bertz CT molecular complexity index is 781. The maximum Gasteiger partial charge on any atom is 0.241 e. The van der Waals surface area contributed by atoms with Gasteiger partial charge in [-0.15, -0.1) is 11.3 Å². The van der Waals surface area contributed by atoms with Crippen molar-refractivity contribution in [3.8, 4) is 11.4 Å². The van der Waals surface area contributed by atoms with Gasteiger partial charge in [0.25, 0.3) is 0 Å². The molecule has 0 bridgehead atoms. The number of thiophene rings is 1. The summed E-state index contributed by atoms with van der Waals surface area (Å²) in [6, 6.07) is 9.66. The van der Waals surface area contributed by atoms with Crippen LogP contribution >= 0.6 is 22.9 Å². The van der Waals surface area contributed by atoms with E-state index in [2.05, 4.69) is 26.5 Å². The van der Waals surface area contributed by atoms with Crippen molar-refractivity contribution in [2.24, 2.45) is 0 Å². The molecular weight excluding hydrogens is 318 g/mol. The zero-order chi connectivity index (χ0) is 14.9. The van der Waals surface area contributed by atoms with Crippen molar-refractivity contribution in [3.63, 3.8) is 0 Å². The lowest BCUT2D eigenvalue weighted by molar-refractivity contribution is 0.212. The van der Waals surface area contributed by atoms with Crippen LogP contribution in [0.3, 0.4) is 0 Å². The van der Waals surface area contributed by atoms with Crippen LogP contribution in [-0.2, 0) is 19.5 Å². The van der Waals surface area contributed by atoms with Gasteiger partial charge in [0.05, 0.1) is 6.54 Å². The summed E-state index contributed by atoms with van der Waals surface area (Å²) in [6.07, 6.45) is 1.10. The summed E-state index contributed by atoms with van der Waals surface area (Å²) in [5, 5.41) is 6.93. The van der Waals surface area contributed by atoms with E-state index >= 15 is 0 Å². The van der Waals surface area contributed by atoms with Gasteiger partial charge in [-0.3, -0.25) is 4.90 Å². The minimum absolute atomic E-state index is 0.611. The van der Waals surface area contributed by atoms with E-state index in [1.807, 2.05) is 35.6 Å². The van der Waals surface area contributed by atoms with Crippen molar-refractivity contribution in [1.82, 2.24) is 15.0 Å². The molecule has 4 rings (SSSR count). The molecule has 0 aliphatic carbocycles. The van der Waals surface area contributed by atoms with Crippen LogP contribution in [0.25, 0.3) is 11.4 Å². The highest BCUT2D eigenvalue weighted by Crippen LogP contribution is 2.25. The fourth-order valence-electron chi connectivity index (χ4n) is 2.67. The number of hydrogen-bond donors (Lipinski definition) is 0. The van der Waals surface area contributed by atoms with Crippen LogP contribution in [0.5, 0.6) is 0 Å². The number of fused-ring (bicyclic) bond motifs is 1. The zero-order valence-corrected chi connectivity index (χ0v) is 13.4. The first kappa shape index (κ1) is 13.9. The largest absolute Gasteiger partial charge is 0.338 e. The van der Waals surface area contributed by atoms with Gasteiger partial charge < -0.3 is 4.52 Å². The SMILES string of the molecule is Clc1ccc(-c2noc(CN3CCc4sccc4C3)n2)cc1. The third kappa shape index (κ3) is 2.79. The molecule has 3 heterocycles. The molecular formula is C16H14ClN3OS. The van der Waals surface area contributed by atoms with Gasteiger partial charge in [0.1, 0.15) is 0 Å². The molecule has 0 saturated heterocycles. The van der Waals surface area contributed by atoms with Crippen molar-refractivity contribution < 1.29 is 4.52 Å². The lowest BCUT2D eigenvalue weighted by Crippen LogP contribution is -2.29. The molecule has 0 fully saturated rings. The van der Waals surface area contributed by atoms with Gasteiger partial charge in [-0.1, -0.05) is 16.8 Å². The van der Waals surface area contributed by atoms with E-state index in [0.717, 1.165) is 25.1 Å². The average molecular weight is 332 g/mol. The van der Waals surface area contributed by atoms with E-state index < -0.39 is 0 Å². The summed E-state index contributed by atoms with van der Waals surface area (Å²) in [7, 11) is 0. The number of nitrogens with zero attached hydrogens (tertiary/aromatic N) is 3. The molecule has 22 heavy (non-hydrogen) atoms. The van der Waals surface area contributed by atoms with Gasteiger partial charge >= 0.3 is 0 Å². The Kier molecular flexibility index (Phi) is 3.70. The van der Waals surface area contributed by atoms with Gasteiger partial charge in [-0.2, -0.15) is 4.98 Å². The van der Waals surface area contributed by atoms with Crippen molar-refractivity contribution >= 4 is 22.9 Å². The van der Waals surface area contributed by atoms with Gasteiger partial charge in [-0.05, 0) is 47.7 Å². The standard InChI is InChI=1S/C16H14ClN3OS/c17-13-3-1-11(2-4-13)16-18-15(21-19-16)10-20-7-5-14-12(9-20)6-8-22-14/h1-4,6,8H,5,7,9-10H2. The molecule has 112 valence electrons. The average Bonchev–Trinajstić information content (AvgIpc) is 3.17. The van der Waals surface area contributed by atoms with E-state index in [1.165, 1.54) is 10.4 Å². The van der Waals surface area contributed by atoms with Gasteiger partial charge in [0.15, 0.2) is 0 Å². The van der Waals surface area contributed by atoms with E-state index in [-0.39, 0.29) is 0 Å². The molecule has 1 aliphatic heterocycles. The van der Waals surface area contributed by atoms with Crippen LogP contribution in [0.1, 0.15) is 16.3 Å². The minimum Gasteiger partial charge on any atom is -0.338 e. The molecule has 0 radical (unpaired) electrons. The van der Waals surface area contributed by atoms with Crippen LogP contribution in [0.2, 0.25) is 5.02 Å². The molecule has 1 aromatic carbocycles. The monoisotopic (exact) mass is 331 g/mol. The number of aromatic nitrogens is 2. The van der Waals surface area contributed by atoms with Crippen LogP contribution < -0.4 is 0 Å². The highest BCUT2D eigenvalue weighted by atomic mass is 35.5. The van der Waals surface area contributed by atoms with Crippen molar-refractivity contribution in [1.29, 1.82) is 0 Å². The Labute approximate surface area is 137 Å². The molecule has 6 heteroatoms. The summed E-state index contributed by atoms with van der Waals surface area (Å²) < 4.78 is 5.39. The lowest BCUT2D eigenvalue weighted by Gasteiger charge is -2.24. The van der Waals surface area contributed by atoms with Gasteiger partial charge in [0, 0.05) is 28.6 Å². The van der Waals surface area contributed by atoms with E-state index in [0.29, 0.717) is 23.3 Å². The molecule has 0 spiro atoms. The number of hydrogen-bond acceptors (Lipinski definition) is 5. The fourth-order valence-corrected chi connectivity index (χ4v) is 3.68. The summed E-state index contributed by atoms with van der Waals surface area (Å²) in [5.41, 5.74) is 2.34.